The molecule has 122 valence electrons. The summed E-state index contributed by atoms with van der Waals surface area (Å²) in [6.45, 7) is 8.48. The number of aryl methyl sites for hydroxylation is 1. The number of hydrogen-bond acceptors (Lipinski definition) is 3. The highest BCUT2D eigenvalue weighted by atomic mass is 16.6. The normalized spacial score (nSPS) is 21.5. The number of nitrogens with one attached hydrogen (secondary N) is 1. The number of unbranched alkanes of at least 4 members (excludes halogenated alkanes) is 1. The van der Waals surface area contributed by atoms with Crippen LogP contribution >= 0.6 is 0 Å². The van der Waals surface area contributed by atoms with Gasteiger partial charge in [0.15, 0.2) is 5.75 Å². The fourth-order valence-electron chi connectivity index (χ4n) is 3.18. The van der Waals surface area contributed by atoms with Crippen LogP contribution in [-0.2, 0) is 0 Å². The number of hydrogen-bond donors (Lipinski definition) is 1. The number of piperidine rings is 1. The van der Waals surface area contributed by atoms with E-state index in [2.05, 4.69) is 6.92 Å². The second-order valence-electron chi connectivity index (χ2n) is 6.49. The van der Waals surface area contributed by atoms with Gasteiger partial charge in [-0.1, -0.05) is 13.0 Å². The number of benzene rings is 1. The van der Waals surface area contributed by atoms with Crippen LogP contribution in [-0.4, -0.2) is 31.2 Å². The number of quaternary nitrogens is 1. The summed E-state index contributed by atoms with van der Waals surface area (Å²) in [6, 6.07) is 5.11. The van der Waals surface area contributed by atoms with Gasteiger partial charge in [0.1, 0.15) is 0 Å². The molecule has 1 saturated heterocycles. The fraction of sp³-hybridized carbons (Fsp3) is 0.647. The van der Waals surface area contributed by atoms with E-state index >= 15 is 0 Å². The molecule has 1 heterocycles. The molecule has 1 N–H and O–H groups in total. The zero-order valence-corrected chi connectivity index (χ0v) is 13.6. The van der Waals surface area contributed by atoms with Gasteiger partial charge in [-0.05, 0) is 44.2 Å². The number of nitro groups is 1. The molecule has 0 aromatic heterocycles. The SMILES string of the molecule is Cc1ccc(OCCCC[NH+]2CCC[C@H](C)C2)c([N+](=O)[O-])c1. The molecular formula is C17H27N2O3+. The summed E-state index contributed by atoms with van der Waals surface area (Å²) >= 11 is 0. The third-order valence-electron chi connectivity index (χ3n) is 4.36. The molecule has 5 heteroatoms. The minimum Gasteiger partial charge on any atom is -0.487 e. The van der Waals surface area contributed by atoms with Crippen LogP contribution in [0.25, 0.3) is 0 Å². The average molecular weight is 307 g/mol. The predicted molar refractivity (Wildman–Crippen MR) is 86.5 cm³/mol. The van der Waals surface area contributed by atoms with E-state index in [0.29, 0.717) is 12.4 Å². The molecule has 5 nitrogen and oxygen atoms in total. The van der Waals surface area contributed by atoms with Crippen molar-refractivity contribution in [3.05, 3.63) is 33.9 Å². The third kappa shape index (κ3) is 4.98. The Morgan fingerprint density at radius 3 is 2.95 bits per heavy atom. The average Bonchev–Trinajstić information content (AvgIpc) is 2.48. The van der Waals surface area contributed by atoms with Gasteiger partial charge in [0.05, 0.1) is 31.2 Å². The highest BCUT2D eigenvalue weighted by Crippen LogP contribution is 2.27. The number of ether oxygens (including phenoxy) is 1. The van der Waals surface area contributed by atoms with Crippen molar-refractivity contribution < 1.29 is 14.6 Å². The largest absolute Gasteiger partial charge is 0.487 e. The van der Waals surface area contributed by atoms with Gasteiger partial charge in [-0.2, -0.15) is 0 Å². The summed E-state index contributed by atoms with van der Waals surface area (Å²) in [7, 11) is 0. The van der Waals surface area contributed by atoms with Crippen LogP contribution in [0.15, 0.2) is 18.2 Å². The maximum absolute atomic E-state index is 11.0. The van der Waals surface area contributed by atoms with Gasteiger partial charge < -0.3 is 9.64 Å². The molecule has 0 saturated carbocycles. The van der Waals surface area contributed by atoms with Gasteiger partial charge in [0, 0.05) is 12.0 Å². The van der Waals surface area contributed by atoms with Crippen molar-refractivity contribution in [2.24, 2.45) is 5.92 Å². The number of nitro benzene ring substituents is 1. The molecule has 1 aliphatic heterocycles. The maximum atomic E-state index is 11.0. The third-order valence-corrected chi connectivity index (χ3v) is 4.36. The summed E-state index contributed by atoms with van der Waals surface area (Å²) in [4.78, 5) is 12.3. The first-order valence-electron chi connectivity index (χ1n) is 8.27. The van der Waals surface area contributed by atoms with E-state index in [-0.39, 0.29) is 10.6 Å². The maximum Gasteiger partial charge on any atom is 0.311 e. The van der Waals surface area contributed by atoms with E-state index in [9.17, 15) is 10.1 Å². The first-order chi connectivity index (χ1) is 10.6. The van der Waals surface area contributed by atoms with Crippen LogP contribution in [0, 0.1) is 23.0 Å². The van der Waals surface area contributed by atoms with Crippen molar-refractivity contribution >= 4 is 5.69 Å². The lowest BCUT2D eigenvalue weighted by Crippen LogP contribution is -3.13. The smallest absolute Gasteiger partial charge is 0.311 e. The summed E-state index contributed by atoms with van der Waals surface area (Å²) < 4.78 is 5.61. The van der Waals surface area contributed by atoms with Crippen LogP contribution in [0.1, 0.15) is 38.2 Å². The first kappa shape index (κ1) is 16.7. The van der Waals surface area contributed by atoms with Crippen molar-refractivity contribution in [2.45, 2.75) is 39.5 Å². The monoisotopic (exact) mass is 307 g/mol. The minimum absolute atomic E-state index is 0.0653. The summed E-state index contributed by atoms with van der Waals surface area (Å²) in [5.41, 5.74) is 0.942. The van der Waals surface area contributed by atoms with Crippen molar-refractivity contribution in [3.63, 3.8) is 0 Å². The van der Waals surface area contributed by atoms with Crippen LogP contribution in [0.5, 0.6) is 5.75 Å². The van der Waals surface area contributed by atoms with Crippen molar-refractivity contribution in [2.75, 3.05) is 26.2 Å². The Labute approximate surface area is 132 Å². The molecule has 22 heavy (non-hydrogen) atoms. The van der Waals surface area contributed by atoms with Crippen molar-refractivity contribution in [1.82, 2.24) is 0 Å². The molecule has 0 amide bonds. The molecule has 0 radical (unpaired) electrons. The molecule has 0 bridgehead atoms. The van der Waals surface area contributed by atoms with E-state index in [1.54, 1.807) is 17.0 Å². The Morgan fingerprint density at radius 1 is 1.41 bits per heavy atom. The van der Waals surface area contributed by atoms with Crippen LogP contribution in [0.2, 0.25) is 0 Å². The Hall–Kier alpha value is -1.62. The van der Waals surface area contributed by atoms with Gasteiger partial charge in [0.2, 0.25) is 0 Å². The van der Waals surface area contributed by atoms with E-state index < -0.39 is 0 Å². The second kappa shape index (κ2) is 8.13. The number of nitrogens with zero attached hydrogens (tertiary/aromatic N) is 1. The van der Waals surface area contributed by atoms with Gasteiger partial charge in [-0.25, -0.2) is 0 Å². The Morgan fingerprint density at radius 2 is 2.23 bits per heavy atom. The Bertz CT molecular complexity index is 505. The molecule has 1 fully saturated rings. The van der Waals surface area contributed by atoms with E-state index in [4.69, 9.17) is 4.74 Å². The highest BCUT2D eigenvalue weighted by molar-refractivity contribution is 5.48. The lowest BCUT2D eigenvalue weighted by molar-refractivity contribution is -0.908. The highest BCUT2D eigenvalue weighted by Gasteiger charge is 2.19. The summed E-state index contributed by atoms with van der Waals surface area (Å²) in [6.07, 6.45) is 4.76. The number of likely N-dealkylation sites (tertiary alicyclic amines) is 1. The lowest BCUT2D eigenvalue weighted by Gasteiger charge is -2.27. The van der Waals surface area contributed by atoms with Gasteiger partial charge in [-0.15, -0.1) is 0 Å². The number of rotatable bonds is 7. The van der Waals surface area contributed by atoms with E-state index in [0.717, 1.165) is 24.3 Å². The van der Waals surface area contributed by atoms with Gasteiger partial charge in [-0.3, -0.25) is 10.1 Å². The summed E-state index contributed by atoms with van der Waals surface area (Å²) in [5, 5.41) is 11.0. The van der Waals surface area contributed by atoms with Crippen molar-refractivity contribution in [3.8, 4) is 5.75 Å². The van der Waals surface area contributed by atoms with Crippen LogP contribution < -0.4 is 9.64 Å². The van der Waals surface area contributed by atoms with Crippen molar-refractivity contribution in [1.29, 1.82) is 0 Å². The molecule has 1 aromatic rings. The molecule has 2 rings (SSSR count). The molecule has 1 aliphatic rings. The lowest BCUT2D eigenvalue weighted by atomic mass is 10.0. The molecule has 0 spiro atoms. The summed E-state index contributed by atoms with van der Waals surface area (Å²) in [5.74, 6) is 1.23. The zero-order valence-electron chi connectivity index (χ0n) is 13.6. The molecular weight excluding hydrogens is 280 g/mol. The molecule has 1 unspecified atom stereocenters. The minimum atomic E-state index is -0.373. The van der Waals surface area contributed by atoms with Gasteiger partial charge in [0.25, 0.3) is 0 Å². The van der Waals surface area contributed by atoms with Crippen LogP contribution in [0.3, 0.4) is 0 Å². The molecule has 0 aliphatic carbocycles. The van der Waals surface area contributed by atoms with Crippen LogP contribution in [0.4, 0.5) is 5.69 Å². The van der Waals surface area contributed by atoms with E-state index in [1.807, 2.05) is 13.0 Å². The predicted octanol–water partition coefficient (Wildman–Crippen LogP) is 2.38. The molecule has 2 atom stereocenters. The molecule has 1 aromatic carbocycles. The topological polar surface area (TPSA) is 56.8 Å². The standard InChI is InChI=1S/C17H26N2O3/c1-14-7-8-17(16(12-14)19(20)21)22-11-4-3-9-18-10-5-6-15(2)13-18/h7-8,12,15H,3-6,9-11,13H2,1-2H3/p+1/t15-/m0/s1. The fourth-order valence-corrected chi connectivity index (χ4v) is 3.18. The van der Waals surface area contributed by atoms with Gasteiger partial charge >= 0.3 is 5.69 Å². The quantitative estimate of drug-likeness (QED) is 0.478. The Balaban J connectivity index is 1.71. The first-order valence-corrected chi connectivity index (χ1v) is 8.27. The zero-order chi connectivity index (χ0) is 15.9. The second-order valence-corrected chi connectivity index (χ2v) is 6.49. The Kier molecular flexibility index (Phi) is 6.19. The van der Waals surface area contributed by atoms with E-state index in [1.165, 1.54) is 32.5 Å².